The van der Waals surface area contributed by atoms with Gasteiger partial charge in [-0.25, -0.2) is 5.01 Å². The Kier molecular flexibility index (Phi) is 6.55. The number of carbonyl (C=O) groups excluding carboxylic acids is 1. The lowest BCUT2D eigenvalue weighted by molar-refractivity contribution is 0.0711. The van der Waals surface area contributed by atoms with E-state index >= 15 is 0 Å². The summed E-state index contributed by atoms with van der Waals surface area (Å²) < 4.78 is 1.82. The molecule has 1 aliphatic rings. The first-order valence-electron chi connectivity index (χ1n) is 12.1. The SMILES string of the molecule is O=C(c1ccccc1)N1N=C(c2c(-c3ccccc3)c3cc(Br)ccc3[nH]c2=O)C[C@H]1c1cccc(Br)c1. The smallest absolute Gasteiger partial charge is 0.274 e. The van der Waals surface area contributed by atoms with E-state index in [0.717, 1.165) is 36.5 Å². The van der Waals surface area contributed by atoms with Gasteiger partial charge in [0.2, 0.25) is 0 Å². The van der Waals surface area contributed by atoms with Crippen LogP contribution in [0.5, 0.6) is 0 Å². The summed E-state index contributed by atoms with van der Waals surface area (Å²) in [5, 5.41) is 7.27. The van der Waals surface area contributed by atoms with E-state index in [9.17, 15) is 9.59 Å². The second-order valence-electron chi connectivity index (χ2n) is 9.10. The fourth-order valence-electron chi connectivity index (χ4n) is 4.98. The van der Waals surface area contributed by atoms with Crippen LogP contribution in [0.3, 0.4) is 0 Å². The van der Waals surface area contributed by atoms with Gasteiger partial charge in [0, 0.05) is 37.4 Å². The molecule has 186 valence electrons. The minimum Gasteiger partial charge on any atom is -0.321 e. The third kappa shape index (κ3) is 4.52. The molecule has 0 aliphatic carbocycles. The van der Waals surface area contributed by atoms with Gasteiger partial charge in [-0.3, -0.25) is 9.59 Å². The van der Waals surface area contributed by atoms with E-state index < -0.39 is 0 Å². The number of rotatable bonds is 4. The number of pyridine rings is 1. The van der Waals surface area contributed by atoms with Crippen LogP contribution >= 0.6 is 31.9 Å². The molecule has 38 heavy (non-hydrogen) atoms. The molecule has 0 fully saturated rings. The van der Waals surface area contributed by atoms with E-state index in [1.807, 2.05) is 91.0 Å². The van der Waals surface area contributed by atoms with Gasteiger partial charge in [0.15, 0.2) is 0 Å². The molecule has 1 atom stereocenters. The summed E-state index contributed by atoms with van der Waals surface area (Å²) >= 11 is 7.15. The van der Waals surface area contributed by atoms with Gasteiger partial charge in [0.1, 0.15) is 0 Å². The number of carbonyl (C=O) groups is 1. The zero-order valence-corrected chi connectivity index (χ0v) is 23.2. The van der Waals surface area contributed by atoms with Crippen molar-refractivity contribution in [3.8, 4) is 11.1 Å². The van der Waals surface area contributed by atoms with E-state index in [1.165, 1.54) is 5.01 Å². The Morgan fingerprint density at radius 3 is 2.26 bits per heavy atom. The number of aromatic nitrogens is 1. The van der Waals surface area contributed by atoms with Gasteiger partial charge in [-0.2, -0.15) is 5.10 Å². The van der Waals surface area contributed by atoms with Gasteiger partial charge in [0.25, 0.3) is 11.5 Å². The van der Waals surface area contributed by atoms with Crippen LogP contribution in [0, 0.1) is 0 Å². The van der Waals surface area contributed by atoms with Crippen molar-refractivity contribution in [1.82, 2.24) is 9.99 Å². The van der Waals surface area contributed by atoms with Crippen molar-refractivity contribution < 1.29 is 4.79 Å². The number of aromatic amines is 1. The van der Waals surface area contributed by atoms with Gasteiger partial charge >= 0.3 is 0 Å². The molecular formula is C31H21Br2N3O2. The number of amides is 1. The molecule has 1 aliphatic heterocycles. The van der Waals surface area contributed by atoms with E-state index in [2.05, 4.69) is 36.8 Å². The quantitative estimate of drug-likeness (QED) is 0.222. The lowest BCUT2D eigenvalue weighted by Crippen LogP contribution is -2.27. The van der Waals surface area contributed by atoms with Crippen LogP contribution in [0.4, 0.5) is 0 Å². The highest BCUT2D eigenvalue weighted by Crippen LogP contribution is 2.38. The van der Waals surface area contributed by atoms with E-state index in [0.29, 0.717) is 23.3 Å². The van der Waals surface area contributed by atoms with Crippen molar-refractivity contribution >= 4 is 54.4 Å². The van der Waals surface area contributed by atoms with Crippen LogP contribution in [0.1, 0.15) is 33.9 Å². The van der Waals surface area contributed by atoms with Crippen molar-refractivity contribution in [2.75, 3.05) is 0 Å². The molecule has 0 radical (unpaired) electrons. The average Bonchev–Trinajstić information content (AvgIpc) is 3.38. The lowest BCUT2D eigenvalue weighted by atomic mass is 9.91. The molecule has 0 bridgehead atoms. The largest absolute Gasteiger partial charge is 0.321 e. The Balaban J connectivity index is 1.58. The Labute approximate surface area is 236 Å². The zero-order chi connectivity index (χ0) is 26.2. The van der Waals surface area contributed by atoms with Crippen molar-refractivity contribution in [2.24, 2.45) is 5.10 Å². The van der Waals surface area contributed by atoms with Crippen molar-refractivity contribution in [2.45, 2.75) is 12.5 Å². The summed E-state index contributed by atoms with van der Waals surface area (Å²) in [6, 6.07) is 32.3. The number of halogens is 2. The molecule has 6 rings (SSSR count). The first-order chi connectivity index (χ1) is 18.5. The molecule has 4 aromatic carbocycles. The molecule has 5 aromatic rings. The number of hydrogen-bond donors (Lipinski definition) is 1. The number of nitrogens with one attached hydrogen (secondary N) is 1. The second-order valence-corrected chi connectivity index (χ2v) is 10.9. The number of hydrogen-bond acceptors (Lipinski definition) is 3. The van der Waals surface area contributed by atoms with Crippen LogP contribution in [0.15, 0.2) is 122 Å². The molecule has 0 spiro atoms. The van der Waals surface area contributed by atoms with Gasteiger partial charge in [0.05, 0.1) is 17.3 Å². The molecule has 0 saturated carbocycles. The third-order valence-corrected chi connectivity index (χ3v) is 7.69. The Hall–Kier alpha value is -3.81. The molecule has 0 saturated heterocycles. The summed E-state index contributed by atoms with van der Waals surface area (Å²) in [4.78, 5) is 30.4. The van der Waals surface area contributed by atoms with E-state index in [-0.39, 0.29) is 17.5 Å². The second kappa shape index (κ2) is 10.2. The summed E-state index contributed by atoms with van der Waals surface area (Å²) in [6.07, 6.45) is 0.400. The van der Waals surface area contributed by atoms with Crippen LogP contribution in [-0.4, -0.2) is 21.6 Å². The van der Waals surface area contributed by atoms with E-state index in [1.54, 1.807) is 12.1 Å². The number of nitrogens with zero attached hydrogens (tertiary/aromatic N) is 2. The van der Waals surface area contributed by atoms with Gasteiger partial charge in [-0.05, 0) is 53.6 Å². The average molecular weight is 627 g/mol. The van der Waals surface area contributed by atoms with Crippen LogP contribution in [0.2, 0.25) is 0 Å². The van der Waals surface area contributed by atoms with Crippen LogP contribution in [0.25, 0.3) is 22.0 Å². The minimum absolute atomic E-state index is 0.216. The molecule has 5 nitrogen and oxygen atoms in total. The lowest BCUT2D eigenvalue weighted by Gasteiger charge is -2.22. The number of hydrazone groups is 1. The molecule has 2 heterocycles. The molecule has 1 aromatic heterocycles. The number of benzene rings is 4. The normalized spacial score (nSPS) is 15.1. The zero-order valence-electron chi connectivity index (χ0n) is 20.1. The molecular weight excluding hydrogens is 606 g/mol. The Bertz CT molecular complexity index is 1770. The molecule has 1 N–H and O–H groups in total. The molecule has 0 unspecified atom stereocenters. The van der Waals surface area contributed by atoms with Gasteiger partial charge in [-0.15, -0.1) is 0 Å². The van der Waals surface area contributed by atoms with Crippen molar-refractivity contribution in [1.29, 1.82) is 0 Å². The fourth-order valence-corrected chi connectivity index (χ4v) is 5.76. The highest BCUT2D eigenvalue weighted by Gasteiger charge is 2.36. The number of H-pyrrole nitrogens is 1. The first kappa shape index (κ1) is 24.5. The predicted octanol–water partition coefficient (Wildman–Crippen LogP) is 7.71. The maximum absolute atomic E-state index is 13.7. The highest BCUT2D eigenvalue weighted by atomic mass is 79.9. The standard InChI is InChI=1S/C31H21Br2N3O2/c32-22-13-7-12-21(16-22)27-18-26(35-36(27)31(38)20-10-5-2-6-11-20)29-28(19-8-3-1-4-9-19)24-17-23(33)14-15-25(24)34-30(29)37/h1-17,27H,18H2,(H,34,37)/t27-/m0/s1. The molecule has 7 heteroatoms. The first-order valence-corrected chi connectivity index (χ1v) is 13.7. The minimum atomic E-state index is -0.364. The highest BCUT2D eigenvalue weighted by molar-refractivity contribution is 9.10. The van der Waals surface area contributed by atoms with Crippen molar-refractivity contribution in [3.63, 3.8) is 0 Å². The molecule has 1 amide bonds. The summed E-state index contributed by atoms with van der Waals surface area (Å²) in [6.45, 7) is 0. The summed E-state index contributed by atoms with van der Waals surface area (Å²) in [5.74, 6) is -0.216. The van der Waals surface area contributed by atoms with E-state index in [4.69, 9.17) is 5.10 Å². The van der Waals surface area contributed by atoms with Crippen LogP contribution in [-0.2, 0) is 0 Å². The maximum atomic E-state index is 13.7. The Morgan fingerprint density at radius 1 is 0.816 bits per heavy atom. The van der Waals surface area contributed by atoms with Gasteiger partial charge < -0.3 is 4.98 Å². The summed E-state index contributed by atoms with van der Waals surface area (Å²) in [7, 11) is 0. The predicted molar refractivity (Wildman–Crippen MR) is 158 cm³/mol. The monoisotopic (exact) mass is 625 g/mol. The third-order valence-electron chi connectivity index (χ3n) is 6.70. The maximum Gasteiger partial charge on any atom is 0.274 e. The van der Waals surface area contributed by atoms with Crippen LogP contribution < -0.4 is 5.56 Å². The van der Waals surface area contributed by atoms with Gasteiger partial charge in [-0.1, -0.05) is 92.5 Å². The number of fused-ring (bicyclic) bond motifs is 1. The fraction of sp³-hybridized carbons (Fsp3) is 0.0645. The topological polar surface area (TPSA) is 65.5 Å². The van der Waals surface area contributed by atoms with Crippen molar-refractivity contribution in [3.05, 3.63) is 139 Å². The summed E-state index contributed by atoms with van der Waals surface area (Å²) in [5.41, 5.74) is 4.73. The Morgan fingerprint density at radius 2 is 1.53 bits per heavy atom.